The zero-order valence-corrected chi connectivity index (χ0v) is 15.0. The summed E-state index contributed by atoms with van der Waals surface area (Å²) in [5.41, 5.74) is 4.73. The van der Waals surface area contributed by atoms with Crippen LogP contribution in [0.15, 0.2) is 72.8 Å². The predicted molar refractivity (Wildman–Crippen MR) is 106 cm³/mol. The van der Waals surface area contributed by atoms with Crippen molar-refractivity contribution in [2.24, 2.45) is 0 Å². The number of rotatable bonds is 6. The third kappa shape index (κ3) is 4.42. The first-order valence-electron chi connectivity index (χ1n) is 8.49. The summed E-state index contributed by atoms with van der Waals surface area (Å²) in [4.78, 5) is 12.4. The van der Waals surface area contributed by atoms with E-state index in [4.69, 9.17) is 4.74 Å². The number of carbonyl (C=O) groups is 1. The van der Waals surface area contributed by atoms with Crippen molar-refractivity contribution < 1.29 is 9.53 Å². The first-order chi connectivity index (χ1) is 12.7. The van der Waals surface area contributed by atoms with Gasteiger partial charge in [-0.15, -0.1) is 0 Å². The monoisotopic (exact) mass is 346 g/mol. The summed E-state index contributed by atoms with van der Waals surface area (Å²) in [7, 11) is 1.56. The fourth-order valence-corrected chi connectivity index (χ4v) is 2.61. The van der Waals surface area contributed by atoms with Crippen LogP contribution in [0.25, 0.3) is 0 Å². The molecule has 0 fully saturated rings. The zero-order valence-electron chi connectivity index (χ0n) is 15.0. The number of hydrogen-bond acceptors (Lipinski definition) is 3. The highest BCUT2D eigenvalue weighted by atomic mass is 16.5. The molecule has 4 heteroatoms. The van der Waals surface area contributed by atoms with Crippen LogP contribution in [-0.2, 0) is 6.54 Å². The van der Waals surface area contributed by atoms with E-state index in [1.807, 2.05) is 36.4 Å². The predicted octanol–water partition coefficient (Wildman–Crippen LogP) is 4.87. The first-order valence-corrected chi connectivity index (χ1v) is 8.49. The van der Waals surface area contributed by atoms with Crippen molar-refractivity contribution in [2.75, 3.05) is 17.7 Å². The van der Waals surface area contributed by atoms with E-state index in [9.17, 15) is 4.79 Å². The van der Waals surface area contributed by atoms with Gasteiger partial charge in [0.15, 0.2) is 0 Å². The average Bonchev–Trinajstić information content (AvgIpc) is 2.68. The van der Waals surface area contributed by atoms with Gasteiger partial charge < -0.3 is 15.4 Å². The molecule has 0 unspecified atom stereocenters. The molecule has 0 aliphatic heterocycles. The SMILES string of the molecule is COc1ccccc1C(=O)Nc1ccc(NCc2ccc(C)cc2)cc1. The topological polar surface area (TPSA) is 50.4 Å². The largest absolute Gasteiger partial charge is 0.496 e. The minimum Gasteiger partial charge on any atom is -0.496 e. The lowest BCUT2D eigenvalue weighted by molar-refractivity contribution is 0.102. The van der Waals surface area contributed by atoms with E-state index < -0.39 is 0 Å². The van der Waals surface area contributed by atoms with Gasteiger partial charge in [-0.3, -0.25) is 4.79 Å². The lowest BCUT2D eigenvalue weighted by Crippen LogP contribution is -2.13. The van der Waals surface area contributed by atoms with Crippen LogP contribution in [0.5, 0.6) is 5.75 Å². The van der Waals surface area contributed by atoms with Gasteiger partial charge >= 0.3 is 0 Å². The number of nitrogens with one attached hydrogen (secondary N) is 2. The number of amides is 1. The quantitative estimate of drug-likeness (QED) is 0.669. The van der Waals surface area contributed by atoms with Crippen molar-refractivity contribution in [3.8, 4) is 5.75 Å². The molecule has 3 aromatic carbocycles. The summed E-state index contributed by atoms with van der Waals surface area (Å²) >= 11 is 0. The Hall–Kier alpha value is -3.27. The van der Waals surface area contributed by atoms with Crippen LogP contribution < -0.4 is 15.4 Å². The van der Waals surface area contributed by atoms with Crippen molar-refractivity contribution in [3.63, 3.8) is 0 Å². The molecule has 4 nitrogen and oxygen atoms in total. The fourth-order valence-electron chi connectivity index (χ4n) is 2.61. The number of para-hydroxylation sites is 1. The van der Waals surface area contributed by atoms with Gasteiger partial charge in [-0.05, 0) is 48.9 Å². The number of ether oxygens (including phenoxy) is 1. The highest BCUT2D eigenvalue weighted by Crippen LogP contribution is 2.20. The molecule has 0 aliphatic carbocycles. The highest BCUT2D eigenvalue weighted by molar-refractivity contribution is 6.06. The summed E-state index contributed by atoms with van der Waals surface area (Å²) in [6.45, 7) is 2.84. The Bertz CT molecular complexity index is 871. The minimum absolute atomic E-state index is 0.192. The lowest BCUT2D eigenvalue weighted by atomic mass is 10.1. The standard InChI is InChI=1S/C22H22N2O2/c1-16-7-9-17(10-8-16)15-23-18-11-13-19(14-12-18)24-22(25)20-5-3-4-6-21(20)26-2/h3-14,23H,15H2,1-2H3,(H,24,25). The molecule has 1 amide bonds. The van der Waals surface area contributed by atoms with Gasteiger partial charge in [-0.2, -0.15) is 0 Å². The van der Waals surface area contributed by atoms with E-state index in [0.717, 1.165) is 17.9 Å². The summed E-state index contributed by atoms with van der Waals surface area (Å²) < 4.78 is 5.23. The van der Waals surface area contributed by atoms with Crippen LogP contribution in [0.2, 0.25) is 0 Å². The van der Waals surface area contributed by atoms with Gasteiger partial charge in [0.25, 0.3) is 5.91 Å². The van der Waals surface area contributed by atoms with Gasteiger partial charge in [0, 0.05) is 17.9 Å². The van der Waals surface area contributed by atoms with Crippen molar-refractivity contribution in [3.05, 3.63) is 89.5 Å². The summed E-state index contributed by atoms with van der Waals surface area (Å²) in [5.74, 6) is 0.365. The number of methoxy groups -OCH3 is 1. The van der Waals surface area contributed by atoms with Crippen molar-refractivity contribution >= 4 is 17.3 Å². The molecule has 0 bridgehead atoms. The third-order valence-corrected chi connectivity index (χ3v) is 4.11. The maximum absolute atomic E-state index is 12.4. The number of hydrogen-bond donors (Lipinski definition) is 2. The molecule has 3 aromatic rings. The number of carbonyl (C=O) groups excluding carboxylic acids is 1. The average molecular weight is 346 g/mol. The van der Waals surface area contributed by atoms with Crippen molar-refractivity contribution in [1.82, 2.24) is 0 Å². The molecule has 0 saturated carbocycles. The third-order valence-electron chi connectivity index (χ3n) is 4.11. The minimum atomic E-state index is -0.192. The number of anilines is 2. The Kier molecular flexibility index (Phi) is 5.54. The van der Waals surface area contributed by atoms with E-state index >= 15 is 0 Å². The molecular weight excluding hydrogens is 324 g/mol. The van der Waals surface area contributed by atoms with E-state index in [1.54, 1.807) is 19.2 Å². The number of aryl methyl sites for hydroxylation is 1. The maximum atomic E-state index is 12.4. The van der Waals surface area contributed by atoms with Gasteiger partial charge in [0.1, 0.15) is 5.75 Å². The van der Waals surface area contributed by atoms with E-state index in [0.29, 0.717) is 11.3 Å². The lowest BCUT2D eigenvalue weighted by Gasteiger charge is -2.10. The van der Waals surface area contributed by atoms with Crippen LogP contribution in [-0.4, -0.2) is 13.0 Å². The smallest absolute Gasteiger partial charge is 0.259 e. The van der Waals surface area contributed by atoms with Crippen LogP contribution in [0.4, 0.5) is 11.4 Å². The Morgan fingerprint density at radius 2 is 1.54 bits per heavy atom. The fraction of sp³-hybridized carbons (Fsp3) is 0.136. The Morgan fingerprint density at radius 3 is 2.23 bits per heavy atom. The molecule has 0 aromatic heterocycles. The van der Waals surface area contributed by atoms with Gasteiger partial charge in [-0.1, -0.05) is 42.0 Å². The molecular formula is C22H22N2O2. The van der Waals surface area contributed by atoms with Crippen LogP contribution in [0.3, 0.4) is 0 Å². The first kappa shape index (κ1) is 17.5. The second kappa shape index (κ2) is 8.21. The van der Waals surface area contributed by atoms with Crippen molar-refractivity contribution in [1.29, 1.82) is 0 Å². The second-order valence-electron chi connectivity index (χ2n) is 6.07. The molecule has 0 radical (unpaired) electrons. The maximum Gasteiger partial charge on any atom is 0.259 e. The molecule has 0 atom stereocenters. The van der Waals surface area contributed by atoms with Crippen LogP contribution in [0.1, 0.15) is 21.5 Å². The number of benzene rings is 3. The van der Waals surface area contributed by atoms with Gasteiger partial charge in [0.2, 0.25) is 0 Å². The van der Waals surface area contributed by atoms with Crippen LogP contribution in [0, 0.1) is 6.92 Å². The second-order valence-corrected chi connectivity index (χ2v) is 6.07. The highest BCUT2D eigenvalue weighted by Gasteiger charge is 2.11. The Balaban J connectivity index is 1.60. The molecule has 0 spiro atoms. The van der Waals surface area contributed by atoms with E-state index in [1.165, 1.54) is 11.1 Å². The molecule has 0 heterocycles. The molecule has 0 saturated heterocycles. The summed E-state index contributed by atoms with van der Waals surface area (Å²) in [5, 5.41) is 6.27. The van der Waals surface area contributed by atoms with Crippen molar-refractivity contribution in [2.45, 2.75) is 13.5 Å². The summed E-state index contributed by atoms with van der Waals surface area (Å²) in [6.07, 6.45) is 0. The van der Waals surface area contributed by atoms with E-state index in [-0.39, 0.29) is 5.91 Å². The normalized spacial score (nSPS) is 10.2. The van der Waals surface area contributed by atoms with Crippen LogP contribution >= 0.6 is 0 Å². The molecule has 132 valence electrons. The van der Waals surface area contributed by atoms with Gasteiger partial charge in [-0.25, -0.2) is 0 Å². The summed E-state index contributed by atoms with van der Waals surface area (Å²) in [6, 6.07) is 23.3. The Morgan fingerprint density at radius 1 is 0.885 bits per heavy atom. The molecule has 2 N–H and O–H groups in total. The van der Waals surface area contributed by atoms with E-state index in [2.05, 4.69) is 41.8 Å². The molecule has 0 aliphatic rings. The molecule has 3 rings (SSSR count). The van der Waals surface area contributed by atoms with Gasteiger partial charge in [0.05, 0.1) is 12.7 Å². The Labute approximate surface area is 153 Å². The molecule has 26 heavy (non-hydrogen) atoms. The zero-order chi connectivity index (χ0) is 18.4.